The van der Waals surface area contributed by atoms with Gasteiger partial charge in [-0.1, -0.05) is 12.1 Å². The number of carbonyl (C=O) groups excluding carboxylic acids is 1. The van der Waals surface area contributed by atoms with Crippen LogP contribution in [0.5, 0.6) is 0 Å². The van der Waals surface area contributed by atoms with E-state index in [9.17, 15) is 22.4 Å². The third-order valence-electron chi connectivity index (χ3n) is 3.59. The van der Waals surface area contributed by atoms with Gasteiger partial charge in [0, 0.05) is 17.8 Å². The fraction of sp³-hybridized carbons (Fsp3) is 0.278. The van der Waals surface area contributed by atoms with Gasteiger partial charge in [0.05, 0.1) is 5.56 Å². The van der Waals surface area contributed by atoms with Gasteiger partial charge in [0.2, 0.25) is 0 Å². The molecule has 0 spiro atoms. The summed E-state index contributed by atoms with van der Waals surface area (Å²) < 4.78 is 51.4. The van der Waals surface area contributed by atoms with E-state index in [0.717, 1.165) is 24.6 Å². The van der Waals surface area contributed by atoms with E-state index in [1.54, 1.807) is 12.1 Å². The first-order chi connectivity index (χ1) is 11.7. The van der Waals surface area contributed by atoms with E-state index in [1.807, 2.05) is 31.1 Å². The Balaban J connectivity index is 2.09. The van der Waals surface area contributed by atoms with E-state index < -0.39 is 23.5 Å². The van der Waals surface area contributed by atoms with Crippen molar-refractivity contribution in [2.45, 2.75) is 12.6 Å². The quantitative estimate of drug-likeness (QED) is 0.816. The number of benzene rings is 2. The lowest BCUT2D eigenvalue weighted by Gasteiger charge is -2.11. The lowest BCUT2D eigenvalue weighted by molar-refractivity contribution is -0.140. The Hall–Kier alpha value is -2.41. The molecule has 2 aromatic rings. The summed E-state index contributed by atoms with van der Waals surface area (Å²) in [4.78, 5) is 14.1. The number of carbonyl (C=O) groups is 1. The Morgan fingerprint density at radius 1 is 1.08 bits per heavy atom. The van der Waals surface area contributed by atoms with Crippen molar-refractivity contribution in [3.8, 4) is 0 Å². The number of alkyl halides is 3. The van der Waals surface area contributed by atoms with E-state index >= 15 is 0 Å². The summed E-state index contributed by atoms with van der Waals surface area (Å²) in [6.07, 6.45) is -4.01. The van der Waals surface area contributed by atoms with Gasteiger partial charge in [-0.2, -0.15) is 13.2 Å². The third-order valence-corrected chi connectivity index (χ3v) is 3.59. The molecule has 7 heteroatoms. The first-order valence-corrected chi connectivity index (χ1v) is 7.58. The van der Waals surface area contributed by atoms with Crippen molar-refractivity contribution in [1.29, 1.82) is 0 Å². The summed E-state index contributed by atoms with van der Waals surface area (Å²) in [5.41, 5.74) is -0.186. The van der Waals surface area contributed by atoms with E-state index in [4.69, 9.17) is 0 Å². The zero-order valence-electron chi connectivity index (χ0n) is 13.8. The molecule has 25 heavy (non-hydrogen) atoms. The van der Waals surface area contributed by atoms with Crippen molar-refractivity contribution < 1.29 is 22.4 Å². The van der Waals surface area contributed by atoms with Crippen LogP contribution in [-0.4, -0.2) is 31.4 Å². The zero-order chi connectivity index (χ0) is 18.6. The molecule has 1 N–H and O–H groups in total. The number of halogens is 4. The molecular weight excluding hydrogens is 336 g/mol. The first-order valence-electron chi connectivity index (χ1n) is 7.58. The van der Waals surface area contributed by atoms with Crippen LogP contribution in [0.4, 0.5) is 23.2 Å². The Morgan fingerprint density at radius 3 is 2.28 bits per heavy atom. The molecule has 0 unspecified atom stereocenters. The molecular formula is C18H18F4N2O. The number of hydrogen-bond donors (Lipinski definition) is 1. The highest BCUT2D eigenvalue weighted by molar-refractivity contribution is 6.04. The minimum absolute atomic E-state index is 0.259. The molecule has 0 aliphatic carbocycles. The molecule has 2 aromatic carbocycles. The lowest BCUT2D eigenvalue weighted by Crippen LogP contribution is -2.16. The van der Waals surface area contributed by atoms with Crippen molar-refractivity contribution in [2.24, 2.45) is 0 Å². The van der Waals surface area contributed by atoms with Crippen molar-refractivity contribution in [3.05, 3.63) is 65.0 Å². The van der Waals surface area contributed by atoms with Crippen LogP contribution in [0.2, 0.25) is 0 Å². The number of nitrogens with one attached hydrogen (secondary N) is 1. The number of rotatable bonds is 5. The molecule has 0 saturated carbocycles. The lowest BCUT2D eigenvalue weighted by atomic mass is 10.1. The van der Waals surface area contributed by atoms with Crippen LogP contribution < -0.4 is 5.32 Å². The first kappa shape index (κ1) is 18.9. The average Bonchev–Trinajstić information content (AvgIpc) is 2.53. The molecule has 3 nitrogen and oxygen atoms in total. The Labute approximate surface area is 143 Å². The summed E-state index contributed by atoms with van der Waals surface area (Å²) >= 11 is 0. The molecule has 0 bridgehead atoms. The molecule has 0 aliphatic heterocycles. The smallest absolute Gasteiger partial charge is 0.322 e. The molecule has 0 aliphatic rings. The van der Waals surface area contributed by atoms with Crippen LogP contribution in [0, 0.1) is 5.82 Å². The summed E-state index contributed by atoms with van der Waals surface area (Å²) in [5, 5.41) is 2.51. The molecule has 0 saturated heterocycles. The number of amides is 1. The zero-order valence-corrected chi connectivity index (χ0v) is 13.8. The van der Waals surface area contributed by atoms with Crippen LogP contribution in [0.15, 0.2) is 42.5 Å². The van der Waals surface area contributed by atoms with Gasteiger partial charge in [-0.15, -0.1) is 0 Å². The molecule has 0 heterocycles. The average molecular weight is 354 g/mol. The highest BCUT2D eigenvalue weighted by Gasteiger charge is 2.34. The number of hydrogen-bond acceptors (Lipinski definition) is 2. The molecule has 0 fully saturated rings. The minimum atomic E-state index is -4.85. The Bertz CT molecular complexity index is 740. The van der Waals surface area contributed by atoms with Gasteiger partial charge in [0.15, 0.2) is 0 Å². The van der Waals surface area contributed by atoms with Crippen molar-refractivity contribution in [3.63, 3.8) is 0 Å². The molecule has 134 valence electrons. The van der Waals surface area contributed by atoms with Crippen molar-refractivity contribution in [1.82, 2.24) is 4.90 Å². The maximum atomic E-state index is 13.3. The molecule has 1 amide bonds. The van der Waals surface area contributed by atoms with Crippen LogP contribution in [0.3, 0.4) is 0 Å². The fourth-order valence-corrected chi connectivity index (χ4v) is 2.19. The van der Waals surface area contributed by atoms with Gasteiger partial charge in [0.1, 0.15) is 5.82 Å². The number of anilines is 1. The molecule has 0 atom stereocenters. The topological polar surface area (TPSA) is 32.3 Å². The maximum absolute atomic E-state index is 13.3. The maximum Gasteiger partial charge on any atom is 0.419 e. The summed E-state index contributed by atoms with van der Waals surface area (Å²) in [7, 11) is 3.93. The molecule has 0 aromatic heterocycles. The monoisotopic (exact) mass is 354 g/mol. The molecule has 0 radical (unpaired) electrons. The number of nitrogens with zero attached hydrogens (tertiary/aromatic N) is 1. The van der Waals surface area contributed by atoms with E-state index in [-0.39, 0.29) is 5.56 Å². The van der Waals surface area contributed by atoms with E-state index in [2.05, 4.69) is 5.32 Å². The standard InChI is InChI=1S/C18H18F4N2O/c1-24(2)10-9-12-3-6-14(7-4-12)23-17(25)13-5-8-16(19)15(11-13)18(20,21)22/h3-8,11H,9-10H2,1-2H3,(H,23,25). The summed E-state index contributed by atoms with van der Waals surface area (Å²) in [6, 6.07) is 9.20. The van der Waals surface area contributed by atoms with E-state index in [1.165, 1.54) is 0 Å². The SMILES string of the molecule is CN(C)CCc1ccc(NC(=O)c2ccc(F)c(C(F)(F)F)c2)cc1. The third kappa shape index (κ3) is 5.29. The highest BCUT2D eigenvalue weighted by Crippen LogP contribution is 2.32. The van der Waals surface area contributed by atoms with Gasteiger partial charge in [0.25, 0.3) is 5.91 Å². The second kappa shape index (κ2) is 7.65. The van der Waals surface area contributed by atoms with Gasteiger partial charge >= 0.3 is 6.18 Å². The molecule has 2 rings (SSSR count). The summed E-state index contributed by atoms with van der Waals surface area (Å²) in [6.45, 7) is 0.876. The van der Waals surface area contributed by atoms with Crippen LogP contribution in [0.25, 0.3) is 0 Å². The highest BCUT2D eigenvalue weighted by atomic mass is 19.4. The second-order valence-corrected chi connectivity index (χ2v) is 5.90. The predicted molar refractivity (Wildman–Crippen MR) is 88.1 cm³/mol. The minimum Gasteiger partial charge on any atom is -0.322 e. The predicted octanol–water partition coefficient (Wildman–Crippen LogP) is 4.20. The van der Waals surface area contributed by atoms with Gasteiger partial charge in [-0.25, -0.2) is 4.39 Å². The second-order valence-electron chi connectivity index (χ2n) is 5.90. The number of likely N-dealkylation sites (N-methyl/N-ethyl adjacent to an activating group) is 1. The Morgan fingerprint density at radius 2 is 1.72 bits per heavy atom. The summed E-state index contributed by atoms with van der Waals surface area (Å²) in [5.74, 6) is -2.14. The van der Waals surface area contributed by atoms with Crippen LogP contribution in [-0.2, 0) is 12.6 Å². The van der Waals surface area contributed by atoms with Gasteiger partial charge < -0.3 is 10.2 Å². The van der Waals surface area contributed by atoms with E-state index in [0.29, 0.717) is 17.8 Å². The van der Waals surface area contributed by atoms with Crippen LogP contribution >= 0.6 is 0 Å². The van der Waals surface area contributed by atoms with Gasteiger partial charge in [-0.05, 0) is 56.4 Å². The Kier molecular flexibility index (Phi) is 5.79. The van der Waals surface area contributed by atoms with Crippen LogP contribution in [0.1, 0.15) is 21.5 Å². The fourth-order valence-electron chi connectivity index (χ4n) is 2.19. The van der Waals surface area contributed by atoms with Gasteiger partial charge in [-0.3, -0.25) is 4.79 Å². The largest absolute Gasteiger partial charge is 0.419 e. The van der Waals surface area contributed by atoms with Crippen molar-refractivity contribution >= 4 is 11.6 Å². The van der Waals surface area contributed by atoms with Crippen molar-refractivity contribution in [2.75, 3.05) is 26.0 Å². The normalized spacial score (nSPS) is 11.6.